The molecule has 0 aliphatic carbocycles. The molecule has 0 fully saturated rings. The third kappa shape index (κ3) is 12.1. The molecule has 1 N–H and O–H groups in total. The second-order valence-electron chi connectivity index (χ2n) is 4.36. The van der Waals surface area contributed by atoms with Crippen LogP contribution in [0.5, 0.6) is 0 Å². The predicted octanol–water partition coefficient (Wildman–Crippen LogP) is 1.47. The van der Waals surface area contributed by atoms with Crippen molar-refractivity contribution in [2.45, 2.75) is 26.1 Å². The summed E-state index contributed by atoms with van der Waals surface area (Å²) in [4.78, 5) is 1.90. The van der Waals surface area contributed by atoms with E-state index in [1.807, 2.05) is 25.8 Å². The molecule has 0 bridgehead atoms. The van der Waals surface area contributed by atoms with E-state index in [1.54, 1.807) is 0 Å². The Morgan fingerprint density at radius 3 is 2.59 bits per heavy atom. The fourth-order valence-electron chi connectivity index (χ4n) is 1.33. The molecule has 0 saturated carbocycles. The van der Waals surface area contributed by atoms with Crippen LogP contribution in [0.15, 0.2) is 11.6 Å². The Balaban J connectivity index is 3.45. The van der Waals surface area contributed by atoms with Gasteiger partial charge in [0.05, 0.1) is 32.0 Å². The summed E-state index contributed by atoms with van der Waals surface area (Å²) in [7, 11) is 1.87. The molecule has 0 unspecified atom stereocenters. The smallest absolute Gasteiger partial charge is 0.0900 e. The molecule has 0 saturated heterocycles. The first-order valence-corrected chi connectivity index (χ1v) is 6.18. The van der Waals surface area contributed by atoms with E-state index in [0.717, 1.165) is 0 Å². The molecule has 0 rings (SSSR count). The number of aliphatic hydroxyl groups excluding tert-OH is 1. The highest BCUT2D eigenvalue weighted by molar-refractivity contribution is 6.29. The molecule has 0 aliphatic rings. The molecule has 102 valence electrons. The van der Waals surface area contributed by atoms with Gasteiger partial charge in [-0.1, -0.05) is 18.2 Å². The van der Waals surface area contributed by atoms with Gasteiger partial charge in [0.2, 0.25) is 0 Å². The van der Waals surface area contributed by atoms with Crippen LogP contribution in [0.1, 0.15) is 13.8 Å². The van der Waals surface area contributed by atoms with Crippen molar-refractivity contribution < 1.29 is 14.6 Å². The van der Waals surface area contributed by atoms with Crippen LogP contribution in [0.3, 0.4) is 0 Å². The lowest BCUT2D eigenvalue weighted by Crippen LogP contribution is -2.33. The highest BCUT2D eigenvalue weighted by Crippen LogP contribution is 2.00. The molecule has 1 atom stereocenters. The number of aliphatic hydroxyl groups is 1. The number of hydrogen-bond acceptors (Lipinski definition) is 4. The van der Waals surface area contributed by atoms with E-state index >= 15 is 0 Å². The van der Waals surface area contributed by atoms with Gasteiger partial charge < -0.3 is 14.6 Å². The van der Waals surface area contributed by atoms with Gasteiger partial charge in [-0.05, 0) is 20.9 Å². The van der Waals surface area contributed by atoms with E-state index < -0.39 is 6.10 Å². The Morgan fingerprint density at radius 1 is 1.41 bits per heavy atom. The van der Waals surface area contributed by atoms with Crippen molar-refractivity contribution in [3.8, 4) is 0 Å². The van der Waals surface area contributed by atoms with Gasteiger partial charge in [0.25, 0.3) is 0 Å². The highest BCUT2D eigenvalue weighted by Gasteiger charge is 2.08. The molecule has 0 aromatic rings. The largest absolute Gasteiger partial charge is 0.389 e. The molecule has 0 aromatic heterocycles. The Hall–Kier alpha value is -0.130. The van der Waals surface area contributed by atoms with Crippen molar-refractivity contribution in [2.24, 2.45) is 0 Å². The highest BCUT2D eigenvalue weighted by atomic mass is 35.5. The van der Waals surface area contributed by atoms with E-state index in [2.05, 4.69) is 6.58 Å². The van der Waals surface area contributed by atoms with Gasteiger partial charge in [-0.3, -0.25) is 4.90 Å². The minimum absolute atomic E-state index is 0.212. The summed E-state index contributed by atoms with van der Waals surface area (Å²) in [5.74, 6) is 0. The Bertz CT molecular complexity index is 212. The van der Waals surface area contributed by atoms with Gasteiger partial charge in [0, 0.05) is 18.1 Å². The molecule has 0 heterocycles. The lowest BCUT2D eigenvalue weighted by atomic mass is 10.3. The van der Waals surface area contributed by atoms with Crippen LogP contribution < -0.4 is 0 Å². The summed E-state index contributed by atoms with van der Waals surface area (Å²) >= 11 is 5.67. The van der Waals surface area contributed by atoms with Gasteiger partial charge >= 0.3 is 0 Å². The van der Waals surface area contributed by atoms with Crippen LogP contribution in [0.2, 0.25) is 0 Å². The van der Waals surface area contributed by atoms with Crippen molar-refractivity contribution in [1.82, 2.24) is 4.90 Å². The van der Waals surface area contributed by atoms with Crippen LogP contribution >= 0.6 is 11.6 Å². The molecule has 0 spiro atoms. The molecule has 17 heavy (non-hydrogen) atoms. The summed E-state index contributed by atoms with van der Waals surface area (Å²) < 4.78 is 10.6. The molecular formula is C12H24ClNO3. The van der Waals surface area contributed by atoms with Crippen molar-refractivity contribution >= 4 is 11.6 Å². The van der Waals surface area contributed by atoms with E-state index in [-0.39, 0.29) is 6.10 Å². The van der Waals surface area contributed by atoms with E-state index in [0.29, 0.717) is 37.9 Å². The fraction of sp³-hybridized carbons (Fsp3) is 0.833. The maximum absolute atomic E-state index is 9.66. The normalized spacial score (nSPS) is 13.4. The Labute approximate surface area is 109 Å². The van der Waals surface area contributed by atoms with Gasteiger partial charge in [0.15, 0.2) is 0 Å². The van der Waals surface area contributed by atoms with Crippen LogP contribution in [0, 0.1) is 0 Å². The second-order valence-corrected chi connectivity index (χ2v) is 4.90. The third-order valence-electron chi connectivity index (χ3n) is 1.95. The molecule has 0 amide bonds. The summed E-state index contributed by atoms with van der Waals surface area (Å²) in [6.07, 6.45) is -0.306. The average Bonchev–Trinajstić information content (AvgIpc) is 2.14. The first kappa shape index (κ1) is 16.9. The summed E-state index contributed by atoms with van der Waals surface area (Å²) in [5, 5.41) is 10.2. The standard InChI is InChI=1S/C12H24ClNO3/c1-10(2)17-6-5-16-9-12(15)8-14(4)7-11(3)13/h10,12,15H,3,5-9H2,1-2,4H3/t12-/m0/s1. The van der Waals surface area contributed by atoms with Crippen molar-refractivity contribution in [3.63, 3.8) is 0 Å². The van der Waals surface area contributed by atoms with Crippen molar-refractivity contribution in [2.75, 3.05) is 40.0 Å². The molecule has 0 radical (unpaired) electrons. The van der Waals surface area contributed by atoms with Crippen LogP contribution in [0.25, 0.3) is 0 Å². The second kappa shape index (κ2) is 9.85. The third-order valence-corrected chi connectivity index (χ3v) is 2.07. The van der Waals surface area contributed by atoms with Gasteiger partial charge in [-0.2, -0.15) is 0 Å². The summed E-state index contributed by atoms with van der Waals surface area (Å²) in [5.41, 5.74) is 0. The number of rotatable bonds is 10. The summed E-state index contributed by atoms with van der Waals surface area (Å²) in [6.45, 7) is 9.99. The zero-order valence-electron chi connectivity index (χ0n) is 11.0. The number of halogens is 1. The zero-order chi connectivity index (χ0) is 13.3. The number of ether oxygens (including phenoxy) is 2. The molecule has 0 aromatic carbocycles. The van der Waals surface area contributed by atoms with Gasteiger partial charge in [-0.25, -0.2) is 0 Å². The SMILES string of the molecule is C=C(Cl)CN(C)C[C@H](O)COCCOC(C)C. The topological polar surface area (TPSA) is 41.9 Å². The zero-order valence-corrected chi connectivity index (χ0v) is 11.7. The molecule has 5 heteroatoms. The number of likely N-dealkylation sites (N-methyl/N-ethyl adjacent to an activating group) is 1. The quantitative estimate of drug-likeness (QED) is 0.608. The van der Waals surface area contributed by atoms with Gasteiger partial charge in [0.1, 0.15) is 0 Å². The molecule has 4 nitrogen and oxygen atoms in total. The minimum atomic E-state index is -0.518. The monoisotopic (exact) mass is 265 g/mol. The van der Waals surface area contributed by atoms with E-state index in [4.69, 9.17) is 21.1 Å². The van der Waals surface area contributed by atoms with Crippen LogP contribution in [-0.2, 0) is 9.47 Å². The number of hydrogen-bond donors (Lipinski definition) is 1. The Morgan fingerprint density at radius 2 is 2.06 bits per heavy atom. The fourth-order valence-corrected chi connectivity index (χ4v) is 1.54. The van der Waals surface area contributed by atoms with Gasteiger partial charge in [-0.15, -0.1) is 0 Å². The average molecular weight is 266 g/mol. The Kier molecular flexibility index (Phi) is 9.78. The van der Waals surface area contributed by atoms with Crippen molar-refractivity contribution in [3.05, 3.63) is 11.6 Å². The lowest BCUT2D eigenvalue weighted by Gasteiger charge is -2.20. The first-order valence-electron chi connectivity index (χ1n) is 5.81. The maximum atomic E-state index is 9.66. The first-order chi connectivity index (χ1) is 7.91. The van der Waals surface area contributed by atoms with Crippen molar-refractivity contribution in [1.29, 1.82) is 0 Å². The maximum Gasteiger partial charge on any atom is 0.0900 e. The molecule has 0 aliphatic heterocycles. The van der Waals surface area contributed by atoms with Crippen LogP contribution in [0.4, 0.5) is 0 Å². The number of nitrogens with zero attached hydrogens (tertiary/aromatic N) is 1. The predicted molar refractivity (Wildman–Crippen MR) is 70.4 cm³/mol. The van der Waals surface area contributed by atoms with Crippen LogP contribution in [-0.4, -0.2) is 62.2 Å². The minimum Gasteiger partial charge on any atom is -0.389 e. The lowest BCUT2D eigenvalue weighted by molar-refractivity contribution is -0.0163. The summed E-state index contributed by atoms with van der Waals surface area (Å²) in [6, 6.07) is 0. The van der Waals surface area contributed by atoms with E-state index in [9.17, 15) is 5.11 Å². The molecular weight excluding hydrogens is 242 g/mol. The van der Waals surface area contributed by atoms with E-state index in [1.165, 1.54) is 0 Å².